The minimum atomic E-state index is -1.20. The molecule has 0 spiro atoms. The van der Waals surface area contributed by atoms with Crippen molar-refractivity contribution in [1.29, 1.82) is 0 Å². The van der Waals surface area contributed by atoms with Crippen LogP contribution in [-0.2, 0) is 30.0 Å². The second kappa shape index (κ2) is 21.6. The number of rotatable bonds is 18. The zero-order valence-electron chi connectivity index (χ0n) is 33.5. The van der Waals surface area contributed by atoms with E-state index in [4.69, 9.17) is 0 Å². The monoisotopic (exact) mass is 726 g/mol. The SMILES string of the molecule is C=CCNC(=O)C(=O)C(CCC)NC(=O)[C@@H]1C[C@@H](C(C)C)CN1C(=O)C(C)NC(=O)NC(CC)(CCCC)CS(=O)C(C)(C)C.CC(C)(C)C. The van der Waals surface area contributed by atoms with Crippen molar-refractivity contribution in [3.05, 3.63) is 12.7 Å². The third-order valence-corrected chi connectivity index (χ3v) is 10.8. The van der Waals surface area contributed by atoms with E-state index >= 15 is 0 Å². The number of amides is 5. The molecule has 50 heavy (non-hydrogen) atoms. The first kappa shape index (κ1) is 47.2. The van der Waals surface area contributed by atoms with Crippen LogP contribution in [0.3, 0.4) is 0 Å². The van der Waals surface area contributed by atoms with Gasteiger partial charge in [-0.05, 0) is 70.6 Å². The first-order valence-electron chi connectivity index (χ1n) is 18.5. The number of urea groups is 1. The van der Waals surface area contributed by atoms with Crippen molar-refractivity contribution in [3.63, 3.8) is 0 Å². The number of unbranched alkanes of at least 4 members (excludes halogenated alkanes) is 1. The zero-order valence-corrected chi connectivity index (χ0v) is 34.4. The number of hydrogen-bond acceptors (Lipinski definition) is 6. The number of hydrogen-bond donors (Lipinski definition) is 4. The van der Waals surface area contributed by atoms with Gasteiger partial charge in [0, 0.05) is 34.4 Å². The number of nitrogens with one attached hydrogen (secondary N) is 4. The Hall–Kier alpha value is -2.76. The second-order valence-corrected chi connectivity index (χ2v) is 18.8. The molecule has 4 unspecified atom stereocenters. The fourth-order valence-electron chi connectivity index (χ4n) is 5.38. The summed E-state index contributed by atoms with van der Waals surface area (Å²) in [5.74, 6) is -1.93. The smallest absolute Gasteiger partial charge is 0.315 e. The second-order valence-electron chi connectivity index (χ2n) is 16.6. The van der Waals surface area contributed by atoms with Crippen LogP contribution >= 0.6 is 0 Å². The van der Waals surface area contributed by atoms with E-state index in [1.54, 1.807) is 6.92 Å². The summed E-state index contributed by atoms with van der Waals surface area (Å²) < 4.78 is 12.7. The van der Waals surface area contributed by atoms with Gasteiger partial charge in [0.25, 0.3) is 5.91 Å². The lowest BCUT2D eigenvalue weighted by atomic mass is 9.92. The van der Waals surface area contributed by atoms with E-state index in [1.807, 2.05) is 48.5 Å². The largest absolute Gasteiger partial charge is 0.346 e. The minimum Gasteiger partial charge on any atom is -0.346 e. The fourth-order valence-corrected chi connectivity index (χ4v) is 6.74. The van der Waals surface area contributed by atoms with Crippen LogP contribution in [0.15, 0.2) is 12.7 Å². The van der Waals surface area contributed by atoms with Gasteiger partial charge >= 0.3 is 6.03 Å². The fraction of sp³-hybridized carbons (Fsp3) is 0.816. The summed E-state index contributed by atoms with van der Waals surface area (Å²) in [4.78, 5) is 67.3. The third kappa shape index (κ3) is 17.0. The molecular formula is C38H71N5O6S. The van der Waals surface area contributed by atoms with Gasteiger partial charge in [-0.25, -0.2) is 4.79 Å². The molecule has 0 radical (unpaired) electrons. The number of Topliss-reactive ketones (excluding diaryl/α,β-unsaturated/α-hetero) is 1. The Bertz CT molecular complexity index is 1160. The summed E-state index contributed by atoms with van der Waals surface area (Å²) in [6.07, 6.45) is 5.70. The predicted molar refractivity (Wildman–Crippen MR) is 205 cm³/mol. The molecule has 1 rings (SSSR count). The summed E-state index contributed by atoms with van der Waals surface area (Å²) in [5, 5.41) is 11.0. The molecule has 1 heterocycles. The van der Waals surface area contributed by atoms with E-state index in [0.29, 0.717) is 43.4 Å². The Balaban J connectivity index is 0.00000445. The topological polar surface area (TPSA) is 154 Å². The van der Waals surface area contributed by atoms with Crippen molar-refractivity contribution in [3.8, 4) is 0 Å². The first-order chi connectivity index (χ1) is 23.0. The highest BCUT2D eigenvalue weighted by atomic mass is 32.2. The van der Waals surface area contributed by atoms with Crippen molar-refractivity contribution in [1.82, 2.24) is 26.2 Å². The molecule has 0 aromatic heterocycles. The molecule has 290 valence electrons. The van der Waals surface area contributed by atoms with E-state index < -0.39 is 68.7 Å². The van der Waals surface area contributed by atoms with Gasteiger partial charge in [-0.1, -0.05) is 87.7 Å². The molecule has 0 aromatic rings. The van der Waals surface area contributed by atoms with Crippen LogP contribution in [0.25, 0.3) is 0 Å². The van der Waals surface area contributed by atoms with Crippen LogP contribution in [0.4, 0.5) is 4.79 Å². The van der Waals surface area contributed by atoms with E-state index in [0.717, 1.165) is 12.8 Å². The highest BCUT2D eigenvalue weighted by Gasteiger charge is 2.43. The Morgan fingerprint density at radius 2 is 1.52 bits per heavy atom. The van der Waals surface area contributed by atoms with Crippen LogP contribution in [0.5, 0.6) is 0 Å². The van der Waals surface area contributed by atoms with Crippen LogP contribution < -0.4 is 21.3 Å². The molecule has 1 saturated heterocycles. The number of ketones is 1. The maximum Gasteiger partial charge on any atom is 0.315 e. The van der Waals surface area contributed by atoms with Crippen LogP contribution in [-0.4, -0.2) is 85.9 Å². The summed E-state index contributed by atoms with van der Waals surface area (Å²) in [6.45, 7) is 30.0. The average Bonchev–Trinajstić information content (AvgIpc) is 3.46. The lowest BCUT2D eigenvalue weighted by molar-refractivity contribution is -0.142. The van der Waals surface area contributed by atoms with Gasteiger partial charge in [0.05, 0.1) is 11.6 Å². The van der Waals surface area contributed by atoms with Crippen molar-refractivity contribution >= 4 is 40.3 Å². The molecule has 1 aliphatic rings. The highest BCUT2D eigenvalue weighted by molar-refractivity contribution is 7.86. The van der Waals surface area contributed by atoms with Gasteiger partial charge in [0.2, 0.25) is 17.6 Å². The molecule has 6 atom stereocenters. The molecule has 5 amide bonds. The maximum atomic E-state index is 13.8. The summed E-state index contributed by atoms with van der Waals surface area (Å²) in [5.41, 5.74) is -0.196. The van der Waals surface area contributed by atoms with Gasteiger partial charge in [-0.2, -0.15) is 0 Å². The number of nitrogens with zero attached hydrogens (tertiary/aromatic N) is 1. The lowest BCUT2D eigenvalue weighted by Gasteiger charge is -2.36. The lowest BCUT2D eigenvalue weighted by Crippen LogP contribution is -2.60. The third-order valence-electron chi connectivity index (χ3n) is 8.58. The molecule has 0 saturated carbocycles. The quantitative estimate of drug-likeness (QED) is 0.106. The molecule has 0 aromatic carbocycles. The van der Waals surface area contributed by atoms with Gasteiger partial charge < -0.3 is 26.2 Å². The van der Waals surface area contributed by atoms with Crippen LogP contribution in [0.2, 0.25) is 0 Å². The van der Waals surface area contributed by atoms with Gasteiger partial charge in [-0.3, -0.25) is 23.4 Å². The Morgan fingerprint density at radius 3 is 1.98 bits per heavy atom. The normalized spacial score (nSPS) is 19.2. The highest BCUT2D eigenvalue weighted by Crippen LogP contribution is 2.30. The van der Waals surface area contributed by atoms with E-state index in [1.165, 1.54) is 11.0 Å². The van der Waals surface area contributed by atoms with E-state index in [2.05, 4.69) is 62.5 Å². The van der Waals surface area contributed by atoms with Crippen LogP contribution in [0, 0.1) is 17.3 Å². The number of likely N-dealkylation sites (tertiary alicyclic amines) is 1. The molecule has 1 aliphatic heterocycles. The average molecular weight is 726 g/mol. The summed E-state index contributed by atoms with van der Waals surface area (Å²) >= 11 is 0. The predicted octanol–water partition coefficient (Wildman–Crippen LogP) is 5.64. The first-order valence-corrected chi connectivity index (χ1v) is 19.8. The molecule has 0 aliphatic carbocycles. The molecular weight excluding hydrogens is 655 g/mol. The van der Waals surface area contributed by atoms with E-state index in [9.17, 15) is 28.2 Å². The van der Waals surface area contributed by atoms with Crippen molar-refractivity contribution in [2.45, 2.75) is 163 Å². The van der Waals surface area contributed by atoms with Crippen molar-refractivity contribution in [2.75, 3.05) is 18.8 Å². The number of carbonyl (C=O) groups is 5. The van der Waals surface area contributed by atoms with Crippen molar-refractivity contribution < 1.29 is 28.2 Å². The zero-order chi connectivity index (χ0) is 39.0. The Kier molecular flexibility index (Phi) is 20.4. The Labute approximate surface area is 306 Å². The molecule has 11 nitrogen and oxygen atoms in total. The van der Waals surface area contributed by atoms with Gasteiger partial charge in [0.1, 0.15) is 12.1 Å². The molecule has 12 heteroatoms. The van der Waals surface area contributed by atoms with Crippen molar-refractivity contribution in [2.24, 2.45) is 17.3 Å². The standard InChI is InChI=1S/C33H59N5O6S.C5H12/c1-11-15-17-33(14-4,21-45(44)32(8,9)10)37-31(43)35-23(7)30(42)38-20-24(22(5)6)19-26(38)28(40)36-25(16-12-2)27(39)29(41)34-18-13-3;1-5(2,3)4/h13,22-26H,3,11-12,14-21H2,1-2,4-10H3,(H,34,41)(H,36,40)(H2,35,37,43);1-4H3/t23?,24-,25?,26+,33?,45?;/m1./s1. The van der Waals surface area contributed by atoms with Gasteiger partial charge in [0.15, 0.2) is 0 Å². The molecule has 1 fully saturated rings. The van der Waals surface area contributed by atoms with Crippen LogP contribution in [0.1, 0.15) is 135 Å². The summed E-state index contributed by atoms with van der Waals surface area (Å²) in [6, 6.07) is -3.35. The summed E-state index contributed by atoms with van der Waals surface area (Å²) in [7, 11) is -1.20. The molecule has 0 bridgehead atoms. The molecule has 4 N–H and O–H groups in total. The number of carbonyl (C=O) groups excluding carboxylic acids is 5. The maximum absolute atomic E-state index is 13.8. The van der Waals surface area contributed by atoms with E-state index in [-0.39, 0.29) is 24.8 Å². The minimum absolute atomic E-state index is 0.0381. The Morgan fingerprint density at radius 1 is 0.940 bits per heavy atom. The van der Waals surface area contributed by atoms with Gasteiger partial charge in [-0.15, -0.1) is 6.58 Å².